The van der Waals surface area contributed by atoms with Crippen molar-refractivity contribution < 1.29 is 37.9 Å². The van der Waals surface area contributed by atoms with Gasteiger partial charge in [0, 0.05) is 19.4 Å². The minimum absolute atomic E-state index is 0.0764. The molecule has 0 radical (unpaired) electrons. The number of phosphoric acid groups is 1. The third kappa shape index (κ3) is 26.4. The third-order valence-electron chi connectivity index (χ3n) is 5.95. The summed E-state index contributed by atoms with van der Waals surface area (Å²) in [4.78, 5) is 32.9. The summed E-state index contributed by atoms with van der Waals surface area (Å²) in [6, 6.07) is 0. The van der Waals surface area contributed by atoms with Crippen molar-refractivity contribution in [3.05, 3.63) is 12.2 Å². The highest BCUT2D eigenvalue weighted by molar-refractivity contribution is 7.47. The fourth-order valence-corrected chi connectivity index (χ4v) is 4.40. The van der Waals surface area contributed by atoms with Crippen molar-refractivity contribution in [1.82, 2.24) is 5.32 Å². The monoisotopic (exact) mass is 563 g/mol. The second-order valence-electron chi connectivity index (χ2n) is 9.72. The third-order valence-corrected chi connectivity index (χ3v) is 6.93. The van der Waals surface area contributed by atoms with Crippen LogP contribution < -0.4 is 5.32 Å². The van der Waals surface area contributed by atoms with Crippen LogP contribution in [0.5, 0.6) is 0 Å². The molecule has 3 N–H and O–H groups in total. The topological polar surface area (TPSA) is 131 Å². The quantitative estimate of drug-likeness (QED) is 0.0455. The zero-order chi connectivity index (χ0) is 28.3. The van der Waals surface area contributed by atoms with Crippen LogP contribution in [0.1, 0.15) is 123 Å². The van der Waals surface area contributed by atoms with Crippen molar-refractivity contribution in [3.63, 3.8) is 0 Å². The van der Waals surface area contributed by atoms with Crippen LogP contribution in [0.3, 0.4) is 0 Å². The minimum atomic E-state index is -4.38. The van der Waals surface area contributed by atoms with Crippen LogP contribution in [-0.2, 0) is 27.9 Å². The van der Waals surface area contributed by atoms with Crippen LogP contribution in [0.15, 0.2) is 12.2 Å². The largest absolute Gasteiger partial charge is 0.472 e. The Morgan fingerprint density at radius 1 is 0.789 bits per heavy atom. The van der Waals surface area contributed by atoms with Crippen molar-refractivity contribution in [3.8, 4) is 0 Å². The first-order valence-corrected chi connectivity index (χ1v) is 16.2. The van der Waals surface area contributed by atoms with Crippen molar-refractivity contribution >= 4 is 19.7 Å². The van der Waals surface area contributed by atoms with Crippen LogP contribution in [0.4, 0.5) is 0 Å². The maximum Gasteiger partial charge on any atom is 0.472 e. The summed E-state index contributed by atoms with van der Waals surface area (Å²) in [5, 5.41) is 12.4. The fourth-order valence-electron chi connectivity index (χ4n) is 3.64. The van der Waals surface area contributed by atoms with Gasteiger partial charge in [-0.25, -0.2) is 4.57 Å². The van der Waals surface area contributed by atoms with E-state index < -0.39 is 26.5 Å². The van der Waals surface area contributed by atoms with Gasteiger partial charge in [-0.15, -0.1) is 0 Å². The molecule has 0 aromatic carbocycles. The van der Waals surface area contributed by atoms with Gasteiger partial charge in [-0.3, -0.25) is 18.6 Å². The molecule has 38 heavy (non-hydrogen) atoms. The minimum Gasteiger partial charge on any atom is -0.463 e. The molecule has 1 amide bonds. The molecule has 0 aromatic heterocycles. The molecule has 0 saturated carbocycles. The van der Waals surface area contributed by atoms with E-state index in [2.05, 4.69) is 24.4 Å². The summed E-state index contributed by atoms with van der Waals surface area (Å²) in [5.41, 5.74) is 0. The highest BCUT2D eigenvalue weighted by atomic mass is 31.2. The summed E-state index contributed by atoms with van der Waals surface area (Å²) in [6.07, 6.45) is 21.0. The van der Waals surface area contributed by atoms with Gasteiger partial charge < -0.3 is 20.1 Å². The fraction of sp³-hybridized carbons (Fsp3) is 0.857. The average molecular weight is 564 g/mol. The van der Waals surface area contributed by atoms with Gasteiger partial charge in [0.25, 0.3) is 0 Å². The van der Waals surface area contributed by atoms with Gasteiger partial charge in [0.15, 0.2) is 0 Å². The molecule has 9 nitrogen and oxygen atoms in total. The number of nitrogens with one attached hydrogen (secondary N) is 1. The van der Waals surface area contributed by atoms with Gasteiger partial charge in [0.1, 0.15) is 12.7 Å². The second-order valence-corrected chi connectivity index (χ2v) is 11.2. The number of rotatable bonds is 27. The SMILES string of the molecule is CCCCCCCC/C=C\CCCCCCCC(=O)OCC(O)COP(=O)(O)OCCNC(=O)CCCC. The molecule has 0 aliphatic carbocycles. The lowest BCUT2D eigenvalue weighted by molar-refractivity contribution is -0.147. The highest BCUT2D eigenvalue weighted by Crippen LogP contribution is 2.42. The second kappa shape index (κ2) is 26.0. The molecule has 224 valence electrons. The Hall–Kier alpha value is -1.25. The molecule has 0 aliphatic rings. The Bertz CT molecular complexity index is 659. The predicted octanol–water partition coefficient (Wildman–Crippen LogP) is 6.37. The number of amides is 1. The van der Waals surface area contributed by atoms with Crippen molar-refractivity contribution in [2.24, 2.45) is 0 Å². The van der Waals surface area contributed by atoms with E-state index in [1.165, 1.54) is 44.9 Å². The molecule has 0 fully saturated rings. The lowest BCUT2D eigenvalue weighted by atomic mass is 10.1. The molecule has 0 aromatic rings. The van der Waals surface area contributed by atoms with Gasteiger partial charge in [-0.1, -0.05) is 83.8 Å². The molecule has 0 bridgehead atoms. The molecular weight excluding hydrogens is 509 g/mol. The Balaban J connectivity index is 3.62. The van der Waals surface area contributed by atoms with Gasteiger partial charge in [-0.2, -0.15) is 0 Å². The Morgan fingerprint density at radius 2 is 1.37 bits per heavy atom. The molecule has 0 spiro atoms. The molecule has 2 atom stereocenters. The highest BCUT2D eigenvalue weighted by Gasteiger charge is 2.23. The standard InChI is InChI=1S/C28H54NO8P/c1-3-5-7-8-9-10-11-12-13-14-15-16-17-18-19-21-28(32)35-24-26(30)25-37-38(33,34)36-23-22-29-27(31)20-6-4-2/h12-13,26,30H,3-11,14-25H2,1-2H3,(H,29,31)(H,33,34)/b13-12-. The molecular formula is C28H54NO8P. The van der Waals surface area contributed by atoms with E-state index in [1.54, 1.807) is 0 Å². The van der Waals surface area contributed by atoms with Gasteiger partial charge >= 0.3 is 13.8 Å². The number of unbranched alkanes of at least 4 members (excludes halogenated alkanes) is 12. The van der Waals surface area contributed by atoms with E-state index in [1.807, 2.05) is 6.92 Å². The van der Waals surface area contributed by atoms with Crippen molar-refractivity contribution in [2.45, 2.75) is 129 Å². The molecule has 0 saturated heterocycles. The number of allylic oxidation sites excluding steroid dienone is 2. The number of aliphatic hydroxyl groups is 1. The maximum atomic E-state index is 11.8. The summed E-state index contributed by atoms with van der Waals surface area (Å²) < 4.78 is 26.3. The number of phosphoric ester groups is 1. The van der Waals surface area contributed by atoms with E-state index in [0.717, 1.165) is 51.4 Å². The number of ether oxygens (including phenoxy) is 1. The van der Waals surface area contributed by atoms with E-state index in [4.69, 9.17) is 13.8 Å². The van der Waals surface area contributed by atoms with Crippen LogP contribution in [0.2, 0.25) is 0 Å². The predicted molar refractivity (Wildman–Crippen MR) is 151 cm³/mol. The van der Waals surface area contributed by atoms with Crippen molar-refractivity contribution in [2.75, 3.05) is 26.4 Å². The molecule has 0 rings (SSSR count). The van der Waals surface area contributed by atoms with Gasteiger partial charge in [-0.05, 0) is 38.5 Å². The lowest BCUT2D eigenvalue weighted by Crippen LogP contribution is -2.27. The summed E-state index contributed by atoms with van der Waals surface area (Å²) in [6.45, 7) is 3.25. The number of esters is 1. The van der Waals surface area contributed by atoms with E-state index in [0.29, 0.717) is 6.42 Å². The average Bonchev–Trinajstić information content (AvgIpc) is 2.89. The van der Waals surface area contributed by atoms with Crippen LogP contribution in [-0.4, -0.2) is 54.3 Å². The number of hydrogen-bond acceptors (Lipinski definition) is 7. The zero-order valence-corrected chi connectivity index (χ0v) is 24.8. The molecule has 0 heterocycles. The molecule has 2 unspecified atom stereocenters. The summed E-state index contributed by atoms with van der Waals surface area (Å²) in [7, 11) is -4.38. The Kier molecular flexibility index (Phi) is 25.1. The first-order chi connectivity index (χ1) is 18.3. The first kappa shape index (κ1) is 36.8. The molecule has 10 heteroatoms. The number of carbonyl (C=O) groups is 2. The lowest BCUT2D eigenvalue weighted by Gasteiger charge is -2.15. The number of aliphatic hydroxyl groups excluding tert-OH is 1. The smallest absolute Gasteiger partial charge is 0.463 e. The zero-order valence-electron chi connectivity index (χ0n) is 23.9. The van der Waals surface area contributed by atoms with Crippen LogP contribution in [0.25, 0.3) is 0 Å². The Labute approximate surface area is 230 Å². The van der Waals surface area contributed by atoms with E-state index >= 15 is 0 Å². The number of hydrogen-bond donors (Lipinski definition) is 3. The van der Waals surface area contributed by atoms with Crippen LogP contribution >= 0.6 is 7.82 Å². The van der Waals surface area contributed by atoms with E-state index in [-0.39, 0.29) is 32.1 Å². The first-order valence-electron chi connectivity index (χ1n) is 14.7. The normalized spacial score (nSPS) is 13.9. The van der Waals surface area contributed by atoms with Crippen molar-refractivity contribution in [1.29, 1.82) is 0 Å². The van der Waals surface area contributed by atoms with E-state index in [9.17, 15) is 24.2 Å². The summed E-state index contributed by atoms with van der Waals surface area (Å²) >= 11 is 0. The maximum absolute atomic E-state index is 11.8. The Morgan fingerprint density at radius 3 is 2.00 bits per heavy atom. The summed E-state index contributed by atoms with van der Waals surface area (Å²) in [5.74, 6) is -0.563. The van der Waals surface area contributed by atoms with Gasteiger partial charge in [0.05, 0.1) is 13.2 Å². The van der Waals surface area contributed by atoms with Gasteiger partial charge in [0.2, 0.25) is 5.91 Å². The number of carbonyl (C=O) groups excluding carboxylic acids is 2. The van der Waals surface area contributed by atoms with Crippen LogP contribution in [0, 0.1) is 0 Å². The molecule has 0 aliphatic heterocycles.